The third-order valence-electron chi connectivity index (χ3n) is 5.01. The number of nitrogens with zero attached hydrogens (tertiary/aromatic N) is 2. The number of Topliss-reactive ketones (excluding diaryl/α,β-unsaturated/α-hetero) is 1. The van der Waals surface area contributed by atoms with E-state index in [2.05, 4.69) is 20.6 Å². The van der Waals surface area contributed by atoms with Crippen molar-refractivity contribution >= 4 is 17.6 Å². The lowest BCUT2D eigenvalue weighted by Crippen LogP contribution is -2.40. The molecule has 1 fully saturated rings. The molecule has 1 aromatic carbocycles. The van der Waals surface area contributed by atoms with E-state index >= 15 is 0 Å². The molecule has 0 spiro atoms. The molecule has 0 saturated carbocycles. The molecule has 0 radical (unpaired) electrons. The first-order chi connectivity index (χ1) is 14.6. The highest BCUT2D eigenvalue weighted by atomic mass is 16.2. The SMILES string of the molecule is O=C1NC(Cc2ccccc2)C(=O)C1C(=O)NC(c1ccccn1)c1ccccn1. The molecule has 2 N–H and O–H groups in total. The van der Waals surface area contributed by atoms with Gasteiger partial charge in [-0.25, -0.2) is 0 Å². The highest BCUT2D eigenvalue weighted by Crippen LogP contribution is 2.21. The minimum absolute atomic E-state index is 0.346. The highest BCUT2D eigenvalue weighted by molar-refractivity contribution is 6.23. The molecule has 1 saturated heterocycles. The maximum Gasteiger partial charge on any atom is 0.241 e. The van der Waals surface area contributed by atoms with Gasteiger partial charge in [0.1, 0.15) is 6.04 Å². The van der Waals surface area contributed by atoms with Crippen molar-refractivity contribution in [2.24, 2.45) is 5.92 Å². The normalized spacial score (nSPS) is 18.3. The van der Waals surface area contributed by atoms with Gasteiger partial charge >= 0.3 is 0 Å². The molecule has 3 heterocycles. The van der Waals surface area contributed by atoms with E-state index < -0.39 is 35.6 Å². The first-order valence-electron chi connectivity index (χ1n) is 9.64. The summed E-state index contributed by atoms with van der Waals surface area (Å²) in [6, 6.07) is 18.6. The Balaban J connectivity index is 1.54. The fourth-order valence-electron chi connectivity index (χ4n) is 3.52. The summed E-state index contributed by atoms with van der Waals surface area (Å²) in [5.41, 5.74) is 2.05. The van der Waals surface area contributed by atoms with Crippen molar-refractivity contribution in [3.8, 4) is 0 Å². The fourth-order valence-corrected chi connectivity index (χ4v) is 3.52. The second-order valence-electron chi connectivity index (χ2n) is 7.04. The Morgan fingerprint density at radius 1 is 0.900 bits per heavy atom. The van der Waals surface area contributed by atoms with Crippen LogP contribution in [0.4, 0.5) is 0 Å². The van der Waals surface area contributed by atoms with Gasteiger partial charge in [-0.05, 0) is 36.2 Å². The van der Waals surface area contributed by atoms with E-state index in [0.717, 1.165) is 5.56 Å². The second kappa shape index (κ2) is 8.65. The largest absolute Gasteiger partial charge is 0.345 e. The molecule has 2 atom stereocenters. The van der Waals surface area contributed by atoms with Crippen LogP contribution in [0.5, 0.6) is 0 Å². The number of ketones is 1. The maximum atomic E-state index is 13.0. The minimum Gasteiger partial charge on any atom is -0.345 e. The van der Waals surface area contributed by atoms with E-state index in [1.165, 1.54) is 0 Å². The van der Waals surface area contributed by atoms with Crippen LogP contribution in [0.15, 0.2) is 79.1 Å². The van der Waals surface area contributed by atoms with Gasteiger partial charge in [0.2, 0.25) is 11.8 Å². The summed E-state index contributed by atoms with van der Waals surface area (Å²) < 4.78 is 0. The summed E-state index contributed by atoms with van der Waals surface area (Å²) >= 11 is 0. The first-order valence-corrected chi connectivity index (χ1v) is 9.64. The molecule has 1 aliphatic rings. The van der Waals surface area contributed by atoms with Crippen LogP contribution in [0.3, 0.4) is 0 Å². The molecule has 150 valence electrons. The fraction of sp³-hybridized carbons (Fsp3) is 0.174. The minimum atomic E-state index is -1.39. The molecule has 2 aromatic heterocycles. The van der Waals surface area contributed by atoms with Gasteiger partial charge in [0.25, 0.3) is 0 Å². The number of pyridine rings is 2. The van der Waals surface area contributed by atoms with Crippen molar-refractivity contribution in [1.82, 2.24) is 20.6 Å². The molecular formula is C23H20N4O3. The molecule has 7 heteroatoms. The molecular weight excluding hydrogens is 380 g/mol. The third kappa shape index (κ3) is 4.10. The number of carbonyl (C=O) groups excluding carboxylic acids is 3. The lowest BCUT2D eigenvalue weighted by molar-refractivity contribution is -0.137. The van der Waals surface area contributed by atoms with Crippen LogP contribution in [0, 0.1) is 5.92 Å². The smallest absolute Gasteiger partial charge is 0.241 e. The van der Waals surface area contributed by atoms with Crippen LogP contribution in [-0.4, -0.2) is 33.6 Å². The molecule has 30 heavy (non-hydrogen) atoms. The number of benzene rings is 1. The van der Waals surface area contributed by atoms with Gasteiger partial charge in [-0.15, -0.1) is 0 Å². The van der Waals surface area contributed by atoms with E-state index in [1.807, 2.05) is 30.3 Å². The number of hydrogen-bond donors (Lipinski definition) is 2. The van der Waals surface area contributed by atoms with Crippen molar-refractivity contribution in [3.63, 3.8) is 0 Å². The standard InChI is InChI=1S/C23H20N4O3/c28-21-18(14-15-8-2-1-3-9-15)26-22(29)19(21)23(30)27-20(16-10-4-6-12-24-16)17-11-5-7-13-25-17/h1-13,18-20H,14H2,(H,26,29)(H,27,30). The lowest BCUT2D eigenvalue weighted by atomic mass is 9.97. The molecule has 0 aliphatic carbocycles. The summed E-state index contributed by atoms with van der Waals surface area (Å²) in [5.74, 6) is -3.07. The monoisotopic (exact) mass is 400 g/mol. The van der Waals surface area contributed by atoms with E-state index in [-0.39, 0.29) is 0 Å². The third-order valence-corrected chi connectivity index (χ3v) is 5.01. The second-order valence-corrected chi connectivity index (χ2v) is 7.04. The predicted molar refractivity (Wildman–Crippen MR) is 109 cm³/mol. The summed E-state index contributed by atoms with van der Waals surface area (Å²) in [4.78, 5) is 46.9. The number of rotatable bonds is 6. The molecule has 2 amide bonds. The summed E-state index contributed by atoms with van der Waals surface area (Å²) in [6.45, 7) is 0. The Morgan fingerprint density at radius 3 is 2.07 bits per heavy atom. The number of carbonyl (C=O) groups is 3. The Bertz CT molecular complexity index is 1000. The average Bonchev–Trinajstić information content (AvgIpc) is 3.06. The van der Waals surface area contributed by atoms with Gasteiger partial charge in [0.15, 0.2) is 11.7 Å². The molecule has 4 rings (SSSR count). The van der Waals surface area contributed by atoms with Crippen LogP contribution in [-0.2, 0) is 20.8 Å². The van der Waals surface area contributed by atoms with Crippen molar-refractivity contribution in [2.45, 2.75) is 18.5 Å². The van der Waals surface area contributed by atoms with E-state index in [9.17, 15) is 14.4 Å². The first kappa shape index (κ1) is 19.4. The molecule has 1 aliphatic heterocycles. The molecule has 0 bridgehead atoms. The zero-order valence-electron chi connectivity index (χ0n) is 16.1. The summed E-state index contributed by atoms with van der Waals surface area (Å²) in [5, 5.41) is 5.45. The Kier molecular flexibility index (Phi) is 5.61. The van der Waals surface area contributed by atoms with Crippen LogP contribution >= 0.6 is 0 Å². The van der Waals surface area contributed by atoms with Gasteiger partial charge in [0, 0.05) is 12.4 Å². The zero-order chi connectivity index (χ0) is 20.9. The Hall–Kier alpha value is -3.87. The van der Waals surface area contributed by atoms with Crippen LogP contribution in [0.1, 0.15) is 23.0 Å². The summed E-state index contributed by atoms with van der Waals surface area (Å²) in [6.07, 6.45) is 3.57. The number of amides is 2. The Labute approximate surface area is 173 Å². The maximum absolute atomic E-state index is 13.0. The number of hydrogen-bond acceptors (Lipinski definition) is 5. The zero-order valence-corrected chi connectivity index (χ0v) is 16.1. The van der Waals surface area contributed by atoms with Crippen LogP contribution in [0.25, 0.3) is 0 Å². The van der Waals surface area contributed by atoms with Crippen LogP contribution in [0.2, 0.25) is 0 Å². The molecule has 7 nitrogen and oxygen atoms in total. The molecule has 2 unspecified atom stereocenters. The Morgan fingerprint density at radius 2 is 1.50 bits per heavy atom. The van der Waals surface area contributed by atoms with E-state index in [0.29, 0.717) is 17.8 Å². The van der Waals surface area contributed by atoms with Gasteiger partial charge in [-0.1, -0.05) is 42.5 Å². The average molecular weight is 400 g/mol. The van der Waals surface area contributed by atoms with Gasteiger partial charge < -0.3 is 10.6 Å². The van der Waals surface area contributed by atoms with Crippen molar-refractivity contribution in [1.29, 1.82) is 0 Å². The van der Waals surface area contributed by atoms with Crippen molar-refractivity contribution < 1.29 is 14.4 Å². The van der Waals surface area contributed by atoms with Gasteiger partial charge in [0.05, 0.1) is 17.4 Å². The van der Waals surface area contributed by atoms with Crippen molar-refractivity contribution in [3.05, 3.63) is 96.1 Å². The van der Waals surface area contributed by atoms with Gasteiger partial charge in [-0.3, -0.25) is 24.4 Å². The summed E-state index contributed by atoms with van der Waals surface area (Å²) in [7, 11) is 0. The van der Waals surface area contributed by atoms with Gasteiger partial charge in [-0.2, -0.15) is 0 Å². The number of aromatic nitrogens is 2. The number of nitrogens with one attached hydrogen (secondary N) is 2. The predicted octanol–water partition coefficient (Wildman–Crippen LogP) is 1.61. The topological polar surface area (TPSA) is 101 Å². The van der Waals surface area contributed by atoms with Crippen LogP contribution < -0.4 is 10.6 Å². The van der Waals surface area contributed by atoms with E-state index in [4.69, 9.17) is 0 Å². The molecule has 3 aromatic rings. The van der Waals surface area contributed by atoms with E-state index in [1.54, 1.807) is 48.8 Å². The lowest BCUT2D eigenvalue weighted by Gasteiger charge is -2.19. The quantitative estimate of drug-likeness (QED) is 0.612. The van der Waals surface area contributed by atoms with Crippen molar-refractivity contribution in [2.75, 3.05) is 0 Å². The highest BCUT2D eigenvalue weighted by Gasteiger charge is 2.46.